The minimum atomic E-state index is -1.06. The van der Waals surface area contributed by atoms with E-state index >= 15 is 0 Å². The number of primary amides is 1. The van der Waals surface area contributed by atoms with E-state index < -0.39 is 23.8 Å². The van der Waals surface area contributed by atoms with Gasteiger partial charge >= 0.3 is 5.97 Å². The molecule has 1 rings (SSSR count). The van der Waals surface area contributed by atoms with E-state index in [1.807, 2.05) is 0 Å². The lowest BCUT2D eigenvalue weighted by atomic mass is 10.1. The number of nitrogens with zero attached hydrogens (tertiary/aromatic N) is 1. The van der Waals surface area contributed by atoms with Crippen LogP contribution in [0.3, 0.4) is 0 Å². The van der Waals surface area contributed by atoms with Gasteiger partial charge in [-0.05, 0) is 18.6 Å². The molecule has 4 N–H and O–H groups in total. The second kappa shape index (κ2) is 6.33. The molecular weight excluding hydrogens is 238 g/mol. The highest BCUT2D eigenvalue weighted by atomic mass is 16.4. The molecule has 0 spiro atoms. The summed E-state index contributed by atoms with van der Waals surface area (Å²) in [5.74, 6) is -2.40. The Hall–Kier alpha value is -2.44. The Labute approximate surface area is 103 Å². The number of carboxylic acids is 1. The maximum Gasteiger partial charge on any atom is 0.303 e. The lowest BCUT2D eigenvalue weighted by molar-refractivity contribution is -0.137. The van der Waals surface area contributed by atoms with Gasteiger partial charge in [-0.15, -0.1) is 0 Å². The topological polar surface area (TPSA) is 122 Å². The molecule has 1 heterocycles. The summed E-state index contributed by atoms with van der Waals surface area (Å²) in [6.07, 6.45) is 1.13. The third kappa shape index (κ3) is 4.20. The number of nitrogens with one attached hydrogen (secondary N) is 1. The molecule has 0 aliphatic heterocycles. The Bertz CT molecular complexity index is 447. The van der Waals surface area contributed by atoms with Crippen molar-refractivity contribution in [3.63, 3.8) is 0 Å². The van der Waals surface area contributed by atoms with Crippen molar-refractivity contribution < 1.29 is 19.5 Å². The number of hydrogen-bond acceptors (Lipinski definition) is 4. The molecule has 0 radical (unpaired) electrons. The number of amides is 2. The van der Waals surface area contributed by atoms with Crippen LogP contribution in [0.4, 0.5) is 0 Å². The van der Waals surface area contributed by atoms with Crippen LogP contribution in [-0.4, -0.2) is 33.9 Å². The van der Waals surface area contributed by atoms with Crippen LogP contribution in [0, 0.1) is 0 Å². The summed E-state index contributed by atoms with van der Waals surface area (Å²) < 4.78 is 0. The molecule has 18 heavy (non-hydrogen) atoms. The van der Waals surface area contributed by atoms with Gasteiger partial charge in [0.05, 0.1) is 0 Å². The van der Waals surface area contributed by atoms with E-state index in [4.69, 9.17) is 10.8 Å². The third-order valence-electron chi connectivity index (χ3n) is 2.19. The predicted molar refractivity (Wildman–Crippen MR) is 61.6 cm³/mol. The maximum absolute atomic E-state index is 11.7. The smallest absolute Gasteiger partial charge is 0.303 e. The standard InChI is InChI=1S/C11H13N3O4/c12-10(17)7(4-5-9(15)16)14-11(18)8-3-1-2-6-13-8/h1-3,6-7H,4-5H2,(H2,12,17)(H,14,18)(H,15,16)/t7-/m0/s1. The summed E-state index contributed by atoms with van der Waals surface area (Å²) in [5.41, 5.74) is 5.22. The lowest BCUT2D eigenvalue weighted by Crippen LogP contribution is -2.44. The van der Waals surface area contributed by atoms with Gasteiger partial charge in [0.2, 0.25) is 5.91 Å². The molecule has 7 nitrogen and oxygen atoms in total. The van der Waals surface area contributed by atoms with E-state index in [9.17, 15) is 14.4 Å². The van der Waals surface area contributed by atoms with Crippen molar-refractivity contribution in [1.29, 1.82) is 0 Å². The molecule has 0 fully saturated rings. The average Bonchev–Trinajstić information content (AvgIpc) is 2.34. The van der Waals surface area contributed by atoms with Crippen molar-refractivity contribution in [2.45, 2.75) is 18.9 Å². The molecule has 0 aliphatic rings. The highest BCUT2D eigenvalue weighted by Gasteiger charge is 2.20. The molecule has 0 saturated carbocycles. The number of carbonyl (C=O) groups excluding carboxylic acids is 2. The monoisotopic (exact) mass is 251 g/mol. The normalized spacial score (nSPS) is 11.6. The van der Waals surface area contributed by atoms with Crippen LogP contribution in [-0.2, 0) is 9.59 Å². The Morgan fingerprint density at radius 1 is 1.39 bits per heavy atom. The summed E-state index contributed by atoms with van der Waals surface area (Å²) >= 11 is 0. The predicted octanol–water partition coefficient (Wildman–Crippen LogP) is -0.470. The Kier molecular flexibility index (Phi) is 4.79. The van der Waals surface area contributed by atoms with E-state index in [0.717, 1.165) is 0 Å². The molecule has 0 aromatic carbocycles. The summed E-state index contributed by atoms with van der Waals surface area (Å²) in [4.78, 5) is 37.0. The number of rotatable bonds is 6. The van der Waals surface area contributed by atoms with Gasteiger partial charge in [0.25, 0.3) is 5.91 Å². The van der Waals surface area contributed by atoms with Crippen LogP contribution < -0.4 is 11.1 Å². The van der Waals surface area contributed by atoms with Crippen molar-refractivity contribution in [3.05, 3.63) is 30.1 Å². The lowest BCUT2D eigenvalue weighted by Gasteiger charge is -2.13. The summed E-state index contributed by atoms with van der Waals surface area (Å²) in [6, 6.07) is 3.73. The molecule has 0 saturated heterocycles. The van der Waals surface area contributed by atoms with Crippen molar-refractivity contribution >= 4 is 17.8 Å². The molecule has 1 atom stereocenters. The van der Waals surface area contributed by atoms with E-state index in [-0.39, 0.29) is 18.5 Å². The van der Waals surface area contributed by atoms with E-state index in [1.165, 1.54) is 12.3 Å². The number of hydrogen-bond donors (Lipinski definition) is 3. The summed E-state index contributed by atoms with van der Waals surface area (Å²) in [6.45, 7) is 0. The largest absolute Gasteiger partial charge is 0.481 e. The van der Waals surface area contributed by atoms with Crippen LogP contribution in [0.1, 0.15) is 23.3 Å². The van der Waals surface area contributed by atoms with Gasteiger partial charge < -0.3 is 16.2 Å². The minimum absolute atomic E-state index is 0.0523. The molecule has 0 aliphatic carbocycles. The summed E-state index contributed by atoms with van der Waals surface area (Å²) in [7, 11) is 0. The van der Waals surface area contributed by atoms with E-state index in [1.54, 1.807) is 12.1 Å². The molecule has 7 heteroatoms. The van der Waals surface area contributed by atoms with Gasteiger partial charge in [-0.25, -0.2) is 0 Å². The minimum Gasteiger partial charge on any atom is -0.481 e. The van der Waals surface area contributed by atoms with Gasteiger partial charge in [-0.3, -0.25) is 19.4 Å². The van der Waals surface area contributed by atoms with Gasteiger partial charge in [0.15, 0.2) is 0 Å². The van der Waals surface area contributed by atoms with Crippen molar-refractivity contribution in [2.24, 2.45) is 5.73 Å². The Balaban J connectivity index is 2.64. The molecule has 1 aromatic heterocycles. The second-order valence-corrected chi connectivity index (χ2v) is 3.58. The van der Waals surface area contributed by atoms with Gasteiger partial charge in [0.1, 0.15) is 11.7 Å². The van der Waals surface area contributed by atoms with Crippen LogP contribution in [0.5, 0.6) is 0 Å². The number of carboxylic acid groups (broad SMARTS) is 1. The van der Waals surface area contributed by atoms with E-state index in [0.29, 0.717) is 0 Å². The van der Waals surface area contributed by atoms with Crippen LogP contribution in [0.2, 0.25) is 0 Å². The SMILES string of the molecule is NC(=O)[C@H](CCC(=O)O)NC(=O)c1ccccn1. The van der Waals surface area contributed by atoms with Gasteiger partial charge in [-0.1, -0.05) is 6.07 Å². The first-order valence-electron chi connectivity index (χ1n) is 5.23. The zero-order valence-electron chi connectivity index (χ0n) is 9.50. The number of carbonyl (C=O) groups is 3. The van der Waals surface area contributed by atoms with Gasteiger partial charge in [0, 0.05) is 12.6 Å². The molecule has 1 aromatic rings. The van der Waals surface area contributed by atoms with Crippen LogP contribution in [0.15, 0.2) is 24.4 Å². The molecular formula is C11H13N3O4. The van der Waals surface area contributed by atoms with E-state index in [2.05, 4.69) is 10.3 Å². The first-order valence-corrected chi connectivity index (χ1v) is 5.23. The zero-order valence-corrected chi connectivity index (χ0v) is 9.50. The molecule has 96 valence electrons. The number of nitrogens with two attached hydrogens (primary N) is 1. The molecule has 0 bridgehead atoms. The fourth-order valence-electron chi connectivity index (χ4n) is 1.28. The fraction of sp³-hybridized carbons (Fsp3) is 0.273. The quantitative estimate of drug-likeness (QED) is 0.630. The first-order chi connectivity index (χ1) is 8.50. The highest BCUT2D eigenvalue weighted by Crippen LogP contribution is 2.00. The number of aliphatic carboxylic acids is 1. The zero-order chi connectivity index (χ0) is 13.5. The fourth-order valence-corrected chi connectivity index (χ4v) is 1.28. The van der Waals surface area contributed by atoms with Crippen molar-refractivity contribution in [2.75, 3.05) is 0 Å². The number of pyridine rings is 1. The Morgan fingerprint density at radius 3 is 2.61 bits per heavy atom. The average molecular weight is 251 g/mol. The van der Waals surface area contributed by atoms with Crippen LogP contribution >= 0.6 is 0 Å². The molecule has 0 unspecified atom stereocenters. The Morgan fingerprint density at radius 2 is 2.11 bits per heavy atom. The first kappa shape index (κ1) is 13.6. The second-order valence-electron chi connectivity index (χ2n) is 3.58. The summed E-state index contributed by atoms with van der Waals surface area (Å²) in [5, 5.41) is 10.9. The van der Waals surface area contributed by atoms with Crippen molar-refractivity contribution in [1.82, 2.24) is 10.3 Å². The van der Waals surface area contributed by atoms with Crippen LogP contribution in [0.25, 0.3) is 0 Å². The molecule has 2 amide bonds. The van der Waals surface area contributed by atoms with Crippen molar-refractivity contribution in [3.8, 4) is 0 Å². The highest BCUT2D eigenvalue weighted by molar-refractivity contribution is 5.95. The maximum atomic E-state index is 11.7. The number of aromatic nitrogens is 1. The van der Waals surface area contributed by atoms with Gasteiger partial charge in [-0.2, -0.15) is 0 Å². The third-order valence-corrected chi connectivity index (χ3v) is 2.19.